The third-order valence-corrected chi connectivity index (χ3v) is 20.6. The molecule has 3 aromatic heterocycles. The summed E-state index contributed by atoms with van der Waals surface area (Å²) in [6.07, 6.45) is 0.174. The van der Waals surface area contributed by atoms with E-state index in [1.165, 1.54) is 0 Å². The molecule has 13 rings (SSSR count). The van der Waals surface area contributed by atoms with Crippen LogP contribution in [-0.2, 0) is 19.3 Å². The number of benzene rings is 6. The summed E-state index contributed by atoms with van der Waals surface area (Å²) in [5.74, 6) is 5.41. The lowest BCUT2D eigenvalue weighted by atomic mass is 9.84. The SMILES string of the molecule is Cc1nnc(C)n1-c1ccc(O[C@@H]2c3cc(Cl)cc(Cl)c3C[C@H]2C2CN(C)CCC[N+]2([C@H]2Cc3c(Cl)cc(Cl)cc3[C@H]2Oc2ccc(-n3c(C)nnc3C)cc2Cl)[C@H]2Cc3c(Cl)cc(Cl)cc3[C@H]2Oc2ccc(-n3c(C)nnc3C)cc2Cl)c(Cl)c1. The van der Waals surface area contributed by atoms with Crippen molar-refractivity contribution in [2.45, 2.75) is 104 Å². The molecule has 1 saturated heterocycles. The van der Waals surface area contributed by atoms with Gasteiger partial charge in [0.25, 0.3) is 0 Å². The van der Waals surface area contributed by atoms with Gasteiger partial charge in [-0.1, -0.05) is 104 Å². The first-order valence-corrected chi connectivity index (χ1v) is 31.6. The summed E-state index contributed by atoms with van der Waals surface area (Å²) in [6.45, 7) is 13.4. The highest BCUT2D eigenvalue weighted by atomic mass is 35.5. The smallest absolute Gasteiger partial charge is 0.176 e. The molecule has 4 heterocycles. The number of fused-ring (bicyclic) bond motifs is 3. The Morgan fingerprint density at radius 1 is 0.407 bits per heavy atom. The van der Waals surface area contributed by atoms with Crippen molar-refractivity contribution in [2.75, 3.05) is 26.7 Å². The van der Waals surface area contributed by atoms with Crippen LogP contribution in [0.15, 0.2) is 91.0 Å². The van der Waals surface area contributed by atoms with E-state index in [1.54, 1.807) is 0 Å². The van der Waals surface area contributed by atoms with Gasteiger partial charge < -0.3 is 23.6 Å². The van der Waals surface area contributed by atoms with Crippen molar-refractivity contribution in [2.24, 2.45) is 5.92 Å². The molecule has 4 aliphatic rings. The van der Waals surface area contributed by atoms with Crippen LogP contribution < -0.4 is 14.2 Å². The fourth-order valence-corrected chi connectivity index (χ4v) is 16.9. The van der Waals surface area contributed by atoms with E-state index in [9.17, 15) is 0 Å². The summed E-state index contributed by atoms with van der Waals surface area (Å²) in [5.41, 5.74) is 7.71. The molecular formula is C63H57Cl9N11O3+. The Morgan fingerprint density at radius 3 is 1.10 bits per heavy atom. The predicted octanol–water partition coefficient (Wildman–Crippen LogP) is 16.5. The average molecular weight is 1340 g/mol. The lowest BCUT2D eigenvalue weighted by molar-refractivity contribution is -1.00. The maximum atomic E-state index is 7.62. The summed E-state index contributed by atoms with van der Waals surface area (Å²) in [4.78, 5) is 2.42. The van der Waals surface area contributed by atoms with Crippen LogP contribution >= 0.6 is 104 Å². The van der Waals surface area contributed by atoms with Crippen molar-refractivity contribution in [1.82, 2.24) is 49.2 Å². The summed E-state index contributed by atoms with van der Waals surface area (Å²) in [7, 11) is 2.18. The van der Waals surface area contributed by atoms with Gasteiger partial charge in [0.1, 0.15) is 76.4 Å². The van der Waals surface area contributed by atoms with Gasteiger partial charge in [0, 0.05) is 67.1 Å². The van der Waals surface area contributed by atoms with Crippen LogP contribution in [0.25, 0.3) is 17.1 Å². The zero-order valence-electron chi connectivity index (χ0n) is 47.7. The van der Waals surface area contributed by atoms with Gasteiger partial charge in [0.05, 0.1) is 51.1 Å². The molecule has 1 fully saturated rings. The highest BCUT2D eigenvalue weighted by molar-refractivity contribution is 6.37. The zero-order valence-corrected chi connectivity index (χ0v) is 54.5. The minimum absolute atomic E-state index is 0.315. The number of halogens is 9. The third-order valence-electron chi connectivity index (χ3n) is 18.0. The van der Waals surface area contributed by atoms with Crippen molar-refractivity contribution >= 4 is 104 Å². The van der Waals surface area contributed by atoms with E-state index in [2.05, 4.69) is 42.5 Å². The third kappa shape index (κ3) is 10.4. The van der Waals surface area contributed by atoms with Crippen LogP contribution in [0.5, 0.6) is 17.2 Å². The average Bonchev–Trinajstić information content (AvgIpc) is 1.53. The van der Waals surface area contributed by atoms with E-state index in [-0.39, 0.29) is 12.0 Å². The second kappa shape index (κ2) is 23.2. The monoisotopic (exact) mass is 1330 g/mol. The molecule has 0 spiro atoms. The van der Waals surface area contributed by atoms with Crippen molar-refractivity contribution in [1.29, 1.82) is 0 Å². The lowest BCUT2D eigenvalue weighted by Crippen LogP contribution is -2.72. The van der Waals surface area contributed by atoms with Gasteiger partial charge in [-0.25, -0.2) is 0 Å². The fourth-order valence-electron chi connectivity index (χ4n) is 14.5. The van der Waals surface area contributed by atoms with E-state index < -0.39 is 30.4 Å². The Labute approximate surface area is 543 Å². The van der Waals surface area contributed by atoms with Crippen molar-refractivity contribution < 1.29 is 18.7 Å². The maximum absolute atomic E-state index is 7.62. The molecule has 3 aliphatic carbocycles. The first-order valence-electron chi connectivity index (χ1n) is 28.2. The van der Waals surface area contributed by atoms with Crippen LogP contribution in [0.2, 0.25) is 45.2 Å². The summed E-state index contributed by atoms with van der Waals surface area (Å²) < 4.78 is 29.0. The topological polar surface area (TPSA) is 123 Å². The number of quaternary nitrogens is 1. The largest absolute Gasteiger partial charge is 0.484 e. The Hall–Kier alpha value is -5.33. The number of rotatable bonds is 12. The molecule has 86 heavy (non-hydrogen) atoms. The summed E-state index contributed by atoms with van der Waals surface area (Å²) in [5, 5.41) is 30.1. The van der Waals surface area contributed by atoms with E-state index in [0.29, 0.717) is 99.3 Å². The van der Waals surface area contributed by atoms with Crippen molar-refractivity contribution in [3.05, 3.63) is 205 Å². The molecular weight excluding hydrogens is 1280 g/mol. The van der Waals surface area contributed by atoms with Crippen LogP contribution in [0, 0.1) is 47.5 Å². The van der Waals surface area contributed by atoms with Gasteiger partial charge in [0.15, 0.2) is 12.2 Å². The predicted molar refractivity (Wildman–Crippen MR) is 340 cm³/mol. The van der Waals surface area contributed by atoms with Gasteiger partial charge in [0.2, 0.25) is 0 Å². The normalized spacial score (nSPS) is 21.6. The molecule has 0 saturated carbocycles. The minimum atomic E-state index is -0.705. The van der Waals surface area contributed by atoms with Crippen molar-refractivity contribution in [3.8, 4) is 34.3 Å². The molecule has 1 aliphatic heterocycles. The standard InChI is InChI=1S/C63H57Cl9N11O3/c1-30-73-74-31(2)80(30)39-9-12-58(52(70)23-39)84-61-45-17-36(64)20-49(67)42(45)26-48(61)57-29-79(7)15-8-16-83(57,55-27-43-46(18-37(65)21-50(43)68)62(55)85-59-13-10-40(24-53(59)71)81-32(3)75-76-33(81)4)56-28-44-47(19-38(66)22-51(44)69)63(56)86-60-14-11-41(25-54(60)72)82-34(5)77-78-35(82)6/h9-14,17-25,48,55-57,61-63H,8,15-16,26-29H2,1-7H3/q+1/t48-,55-,56-,57?,61+,62+,63+/m0/s1. The van der Waals surface area contributed by atoms with Crippen molar-refractivity contribution in [3.63, 3.8) is 0 Å². The van der Waals surface area contributed by atoms with Crippen LogP contribution in [0.1, 0.15) is 93.1 Å². The molecule has 9 aromatic rings. The molecule has 6 aromatic carbocycles. The molecule has 444 valence electrons. The van der Waals surface area contributed by atoms with E-state index in [4.69, 9.17) is 119 Å². The Morgan fingerprint density at radius 2 is 0.744 bits per heavy atom. The molecule has 0 amide bonds. The Bertz CT molecular complexity index is 3960. The molecule has 0 N–H and O–H groups in total. The number of aryl methyl sites for hydroxylation is 6. The quantitative estimate of drug-likeness (QED) is 0.109. The summed E-state index contributed by atoms with van der Waals surface area (Å²) in [6, 6.07) is 27.5. The highest BCUT2D eigenvalue weighted by Gasteiger charge is 2.64. The molecule has 7 atom stereocenters. The number of hydrogen-bond acceptors (Lipinski definition) is 10. The van der Waals surface area contributed by atoms with Gasteiger partial charge in [-0.3, -0.25) is 13.7 Å². The molecule has 1 unspecified atom stereocenters. The first kappa shape index (κ1) is 59.6. The first-order chi connectivity index (χ1) is 41.2. The highest BCUT2D eigenvalue weighted by Crippen LogP contribution is 2.58. The minimum Gasteiger partial charge on any atom is -0.484 e. The van der Waals surface area contributed by atoms with Gasteiger partial charge in [-0.15, -0.1) is 30.6 Å². The number of likely N-dealkylation sites (N-methyl/N-ethyl adjacent to an activating group) is 1. The second-order valence-corrected chi connectivity index (χ2v) is 26.8. The van der Waals surface area contributed by atoms with Gasteiger partial charge in [-0.2, -0.15) is 0 Å². The van der Waals surface area contributed by atoms with E-state index >= 15 is 0 Å². The molecule has 14 nitrogen and oxygen atoms in total. The van der Waals surface area contributed by atoms with Crippen LogP contribution in [0.3, 0.4) is 0 Å². The fraction of sp³-hybridized carbons (Fsp3) is 0.333. The van der Waals surface area contributed by atoms with Gasteiger partial charge >= 0.3 is 0 Å². The summed E-state index contributed by atoms with van der Waals surface area (Å²) >= 11 is 65.9. The zero-order chi connectivity index (χ0) is 60.4. The number of ether oxygens (including phenoxy) is 3. The Balaban J connectivity index is 1.03. The number of nitrogens with zero attached hydrogens (tertiary/aromatic N) is 11. The maximum Gasteiger partial charge on any atom is 0.176 e. The van der Waals surface area contributed by atoms with Gasteiger partial charge in [-0.05, 0) is 168 Å². The number of hydrogen-bond donors (Lipinski definition) is 0. The molecule has 0 bridgehead atoms. The lowest BCUT2D eigenvalue weighted by Gasteiger charge is -2.56. The van der Waals surface area contributed by atoms with Crippen LogP contribution in [0.4, 0.5) is 0 Å². The number of aromatic nitrogens is 9. The molecule has 0 radical (unpaired) electrons. The van der Waals surface area contributed by atoms with E-state index in [1.807, 2.05) is 146 Å². The second-order valence-electron chi connectivity index (χ2n) is 23.0. The van der Waals surface area contributed by atoms with Crippen LogP contribution in [-0.4, -0.2) is 98.5 Å². The van der Waals surface area contributed by atoms with E-state index in [0.717, 1.165) is 98.4 Å². The molecule has 23 heteroatoms. The Kier molecular flexibility index (Phi) is 16.1.